The van der Waals surface area contributed by atoms with Crippen LogP contribution < -0.4 is 0 Å². The van der Waals surface area contributed by atoms with Crippen molar-refractivity contribution in [2.24, 2.45) is 0 Å². The highest BCUT2D eigenvalue weighted by atomic mass is 32.1. The maximum Gasteiger partial charge on any atom is 0.162 e. The van der Waals surface area contributed by atoms with E-state index in [9.17, 15) is 4.79 Å². The average Bonchev–Trinajstić information content (AvgIpc) is 2.49. The number of allylic oxidation sites excluding steroid dienone is 2. The summed E-state index contributed by atoms with van der Waals surface area (Å²) in [4.78, 5) is 16.1. The Morgan fingerprint density at radius 2 is 2.06 bits per heavy atom. The molecular formula is C13H19NOS. The first-order valence-corrected chi connectivity index (χ1v) is 6.29. The molecule has 0 N–H and O–H groups in total. The maximum absolute atomic E-state index is 11.6. The Hall–Kier alpha value is -0.960. The lowest BCUT2D eigenvalue weighted by Gasteiger charge is -2.14. The first-order chi connectivity index (χ1) is 7.29. The number of thiazole rings is 1. The molecule has 0 aromatic carbocycles. The zero-order valence-corrected chi connectivity index (χ0v) is 11.4. The van der Waals surface area contributed by atoms with Crippen LogP contribution in [0.25, 0.3) is 0 Å². The maximum atomic E-state index is 11.6. The molecule has 0 amide bonds. The van der Waals surface area contributed by atoms with Gasteiger partial charge in [-0.3, -0.25) is 4.79 Å². The topological polar surface area (TPSA) is 30.0 Å². The first kappa shape index (κ1) is 13.1. The molecule has 16 heavy (non-hydrogen) atoms. The molecule has 1 rings (SSSR count). The lowest BCUT2D eigenvalue weighted by molar-refractivity contribution is -0.114. The molecule has 0 fully saturated rings. The van der Waals surface area contributed by atoms with Crippen LogP contribution in [-0.2, 0) is 16.6 Å². The van der Waals surface area contributed by atoms with E-state index in [1.54, 1.807) is 17.4 Å². The molecule has 0 saturated carbocycles. The van der Waals surface area contributed by atoms with Crippen molar-refractivity contribution in [2.75, 3.05) is 0 Å². The summed E-state index contributed by atoms with van der Waals surface area (Å²) in [7, 11) is 0. The van der Waals surface area contributed by atoms with Gasteiger partial charge in [0, 0.05) is 10.8 Å². The molecule has 0 radical (unpaired) electrons. The highest BCUT2D eigenvalue weighted by Gasteiger charge is 2.17. The largest absolute Gasteiger partial charge is 0.294 e. The van der Waals surface area contributed by atoms with Gasteiger partial charge in [0.2, 0.25) is 0 Å². The molecule has 1 aromatic rings. The summed E-state index contributed by atoms with van der Waals surface area (Å²) in [6.07, 6.45) is 2.10. The minimum absolute atomic E-state index is 0.0638. The average molecular weight is 237 g/mol. The van der Waals surface area contributed by atoms with Crippen molar-refractivity contribution in [3.63, 3.8) is 0 Å². The Morgan fingerprint density at radius 1 is 1.44 bits per heavy atom. The Balaban J connectivity index is 2.74. The number of carbonyl (C=O) groups is 1. The van der Waals surface area contributed by atoms with Gasteiger partial charge in [0.15, 0.2) is 5.78 Å². The molecule has 0 saturated heterocycles. The van der Waals surface area contributed by atoms with E-state index in [2.05, 4.69) is 25.8 Å². The fraction of sp³-hybridized carbons (Fsp3) is 0.538. The van der Waals surface area contributed by atoms with E-state index in [0.717, 1.165) is 16.3 Å². The molecule has 0 bridgehead atoms. The monoisotopic (exact) mass is 237 g/mol. The van der Waals surface area contributed by atoms with Crippen LogP contribution in [0.2, 0.25) is 0 Å². The number of aromatic nitrogens is 1. The van der Waals surface area contributed by atoms with E-state index in [0.29, 0.717) is 6.42 Å². The second-order valence-electron chi connectivity index (χ2n) is 5.24. The SMILES string of the molecule is CC(C)=CC(=O)Cc1nc(C(C)(C)C)cs1. The molecule has 0 unspecified atom stereocenters. The molecular weight excluding hydrogens is 218 g/mol. The molecule has 0 spiro atoms. The molecule has 1 aromatic heterocycles. The molecule has 2 nitrogen and oxygen atoms in total. The van der Waals surface area contributed by atoms with Crippen LogP contribution in [-0.4, -0.2) is 10.8 Å². The zero-order valence-electron chi connectivity index (χ0n) is 10.6. The second kappa shape index (κ2) is 4.91. The van der Waals surface area contributed by atoms with Gasteiger partial charge in [-0.25, -0.2) is 4.98 Å². The second-order valence-corrected chi connectivity index (χ2v) is 6.18. The number of nitrogens with zero attached hydrogens (tertiary/aromatic N) is 1. The summed E-state index contributed by atoms with van der Waals surface area (Å²) in [5.74, 6) is 0.134. The van der Waals surface area contributed by atoms with Gasteiger partial charge in [-0.2, -0.15) is 0 Å². The zero-order chi connectivity index (χ0) is 12.3. The Kier molecular flexibility index (Phi) is 4.03. The Labute approximate surface area is 101 Å². The van der Waals surface area contributed by atoms with Gasteiger partial charge in [-0.1, -0.05) is 26.3 Å². The van der Waals surface area contributed by atoms with Crippen LogP contribution in [0.3, 0.4) is 0 Å². The fourth-order valence-electron chi connectivity index (χ4n) is 1.26. The lowest BCUT2D eigenvalue weighted by atomic mass is 9.93. The van der Waals surface area contributed by atoms with Gasteiger partial charge in [0.05, 0.1) is 12.1 Å². The van der Waals surface area contributed by atoms with Gasteiger partial charge >= 0.3 is 0 Å². The third-order valence-corrected chi connectivity index (χ3v) is 2.94. The Morgan fingerprint density at radius 3 is 2.50 bits per heavy atom. The van der Waals surface area contributed by atoms with E-state index < -0.39 is 0 Å². The van der Waals surface area contributed by atoms with Gasteiger partial charge in [0.1, 0.15) is 5.01 Å². The molecule has 0 atom stereocenters. The van der Waals surface area contributed by atoms with Crippen molar-refractivity contribution in [1.82, 2.24) is 4.98 Å². The van der Waals surface area contributed by atoms with Crippen LogP contribution in [0.1, 0.15) is 45.3 Å². The predicted octanol–water partition coefficient (Wildman–Crippen LogP) is 3.52. The van der Waals surface area contributed by atoms with Crippen molar-refractivity contribution in [1.29, 1.82) is 0 Å². The van der Waals surface area contributed by atoms with E-state index >= 15 is 0 Å². The standard InChI is InChI=1S/C13H19NOS/c1-9(2)6-10(15)7-12-14-11(8-16-12)13(3,4)5/h6,8H,7H2,1-5H3. The van der Waals surface area contributed by atoms with Crippen molar-refractivity contribution in [3.8, 4) is 0 Å². The van der Waals surface area contributed by atoms with Gasteiger partial charge in [0.25, 0.3) is 0 Å². The van der Waals surface area contributed by atoms with Gasteiger partial charge in [-0.05, 0) is 19.9 Å². The molecule has 0 aliphatic heterocycles. The number of hydrogen-bond donors (Lipinski definition) is 0. The summed E-state index contributed by atoms with van der Waals surface area (Å²) >= 11 is 1.57. The first-order valence-electron chi connectivity index (χ1n) is 5.41. The minimum Gasteiger partial charge on any atom is -0.294 e. The summed E-state index contributed by atoms with van der Waals surface area (Å²) in [6, 6.07) is 0. The van der Waals surface area contributed by atoms with Crippen LogP contribution in [0.4, 0.5) is 0 Å². The van der Waals surface area contributed by atoms with Gasteiger partial charge in [-0.15, -0.1) is 11.3 Å². The number of ketones is 1. The minimum atomic E-state index is 0.0638. The number of carbonyl (C=O) groups excluding carboxylic acids is 1. The van der Waals surface area contributed by atoms with E-state index in [1.807, 2.05) is 19.2 Å². The quantitative estimate of drug-likeness (QED) is 0.753. The van der Waals surface area contributed by atoms with Crippen LogP contribution >= 0.6 is 11.3 Å². The van der Waals surface area contributed by atoms with Crippen molar-refractivity contribution in [3.05, 3.63) is 27.7 Å². The fourth-order valence-corrected chi connectivity index (χ4v) is 2.29. The third kappa shape index (κ3) is 3.89. The predicted molar refractivity (Wildman–Crippen MR) is 69.0 cm³/mol. The van der Waals surface area contributed by atoms with E-state index in [1.165, 1.54) is 0 Å². The van der Waals surface area contributed by atoms with Crippen molar-refractivity contribution < 1.29 is 4.79 Å². The highest BCUT2D eigenvalue weighted by molar-refractivity contribution is 7.09. The normalized spacial score (nSPS) is 11.3. The Bertz CT molecular complexity index is 406. The summed E-state index contributed by atoms with van der Waals surface area (Å²) in [5, 5.41) is 2.96. The smallest absolute Gasteiger partial charge is 0.162 e. The summed E-state index contributed by atoms with van der Waals surface area (Å²) in [5.41, 5.74) is 2.17. The van der Waals surface area contributed by atoms with Crippen LogP contribution in [0, 0.1) is 0 Å². The molecule has 88 valence electrons. The molecule has 1 heterocycles. The van der Waals surface area contributed by atoms with E-state index in [4.69, 9.17) is 0 Å². The van der Waals surface area contributed by atoms with Crippen molar-refractivity contribution >= 4 is 17.1 Å². The summed E-state index contributed by atoms with van der Waals surface area (Å²) < 4.78 is 0. The molecule has 3 heteroatoms. The molecule has 0 aliphatic rings. The lowest BCUT2D eigenvalue weighted by Crippen LogP contribution is -2.11. The van der Waals surface area contributed by atoms with Crippen LogP contribution in [0.15, 0.2) is 17.0 Å². The van der Waals surface area contributed by atoms with E-state index in [-0.39, 0.29) is 11.2 Å². The number of rotatable bonds is 3. The molecule has 0 aliphatic carbocycles. The van der Waals surface area contributed by atoms with Gasteiger partial charge < -0.3 is 0 Å². The summed E-state index contributed by atoms with van der Waals surface area (Å²) in [6.45, 7) is 10.2. The number of hydrogen-bond acceptors (Lipinski definition) is 3. The highest BCUT2D eigenvalue weighted by Crippen LogP contribution is 2.24. The van der Waals surface area contributed by atoms with Crippen LogP contribution in [0.5, 0.6) is 0 Å². The van der Waals surface area contributed by atoms with Crippen molar-refractivity contribution in [2.45, 2.75) is 46.5 Å². The third-order valence-electron chi connectivity index (χ3n) is 2.10.